The largest absolute Gasteiger partial charge is 0.476 e. The number of nitrogens with zero attached hydrogens (tertiary/aromatic N) is 3. The topological polar surface area (TPSA) is 100 Å². The molecule has 1 rings (SSSR count). The van der Waals surface area contributed by atoms with E-state index in [2.05, 4.69) is 15.6 Å². The summed E-state index contributed by atoms with van der Waals surface area (Å²) < 4.78 is 1.48. The molecule has 3 N–H and O–H groups in total. The SMILES string of the molecule is CCC(CC)(CO)NCCn1cc(C(=O)O)nn1. The van der Waals surface area contributed by atoms with Gasteiger partial charge in [0.1, 0.15) is 0 Å². The van der Waals surface area contributed by atoms with E-state index in [9.17, 15) is 9.90 Å². The van der Waals surface area contributed by atoms with Crippen molar-refractivity contribution in [1.82, 2.24) is 20.3 Å². The van der Waals surface area contributed by atoms with Crippen molar-refractivity contribution in [2.45, 2.75) is 38.8 Å². The lowest BCUT2D eigenvalue weighted by atomic mass is 9.94. The number of carboxylic acids is 1. The predicted octanol–water partition coefficient (Wildman–Crippen LogP) is 0.117. The number of carboxylic acid groups (broad SMARTS) is 1. The Hall–Kier alpha value is -1.47. The normalized spacial score (nSPS) is 11.7. The summed E-state index contributed by atoms with van der Waals surface area (Å²) >= 11 is 0. The van der Waals surface area contributed by atoms with E-state index in [1.807, 2.05) is 13.8 Å². The van der Waals surface area contributed by atoms with Crippen molar-refractivity contribution in [3.05, 3.63) is 11.9 Å². The lowest BCUT2D eigenvalue weighted by Crippen LogP contribution is -2.48. The predicted molar refractivity (Wildman–Crippen MR) is 65.4 cm³/mol. The Bertz CT molecular complexity index is 379. The fraction of sp³-hybridized carbons (Fsp3) is 0.727. The molecule has 1 aromatic rings. The molecule has 0 amide bonds. The Labute approximate surface area is 106 Å². The molecule has 0 radical (unpaired) electrons. The molecule has 0 saturated heterocycles. The van der Waals surface area contributed by atoms with Crippen LogP contribution in [0.3, 0.4) is 0 Å². The first-order valence-electron chi connectivity index (χ1n) is 6.06. The number of aromatic carboxylic acids is 1. The van der Waals surface area contributed by atoms with Crippen LogP contribution in [0.2, 0.25) is 0 Å². The highest BCUT2D eigenvalue weighted by Gasteiger charge is 2.23. The van der Waals surface area contributed by atoms with Gasteiger partial charge in [0.2, 0.25) is 0 Å². The number of carbonyl (C=O) groups is 1. The first-order chi connectivity index (χ1) is 8.56. The molecule has 0 bridgehead atoms. The van der Waals surface area contributed by atoms with Crippen LogP contribution < -0.4 is 5.32 Å². The molecule has 0 aromatic carbocycles. The number of aromatic nitrogens is 3. The molecule has 0 spiro atoms. The minimum absolute atomic E-state index is 0.0607. The van der Waals surface area contributed by atoms with Crippen LogP contribution in [-0.2, 0) is 6.54 Å². The first-order valence-corrected chi connectivity index (χ1v) is 6.06. The molecule has 7 heteroatoms. The number of aliphatic hydroxyl groups excluding tert-OH is 1. The van der Waals surface area contributed by atoms with Gasteiger partial charge < -0.3 is 15.5 Å². The van der Waals surface area contributed by atoms with E-state index in [0.29, 0.717) is 13.1 Å². The third kappa shape index (κ3) is 3.51. The summed E-state index contributed by atoms with van der Waals surface area (Å²) in [6.07, 6.45) is 3.05. The summed E-state index contributed by atoms with van der Waals surface area (Å²) in [5.41, 5.74) is -0.328. The van der Waals surface area contributed by atoms with Gasteiger partial charge in [-0.15, -0.1) is 5.10 Å². The minimum Gasteiger partial charge on any atom is -0.476 e. The number of hydrogen-bond donors (Lipinski definition) is 3. The molecular weight excluding hydrogens is 236 g/mol. The summed E-state index contributed by atoms with van der Waals surface area (Å²) in [7, 11) is 0. The third-order valence-corrected chi connectivity index (χ3v) is 3.25. The highest BCUT2D eigenvalue weighted by atomic mass is 16.4. The fourth-order valence-corrected chi connectivity index (χ4v) is 1.72. The van der Waals surface area contributed by atoms with Gasteiger partial charge in [-0.25, -0.2) is 4.79 Å². The van der Waals surface area contributed by atoms with Gasteiger partial charge in [0.25, 0.3) is 0 Å². The van der Waals surface area contributed by atoms with Crippen LogP contribution in [-0.4, -0.2) is 49.9 Å². The molecule has 0 atom stereocenters. The minimum atomic E-state index is -1.08. The van der Waals surface area contributed by atoms with Gasteiger partial charge in [-0.3, -0.25) is 4.68 Å². The molecule has 0 aliphatic rings. The smallest absolute Gasteiger partial charge is 0.358 e. The van der Waals surface area contributed by atoms with Gasteiger partial charge in [0.05, 0.1) is 19.3 Å². The molecule has 0 aliphatic carbocycles. The van der Waals surface area contributed by atoms with Gasteiger partial charge in [-0.05, 0) is 12.8 Å². The zero-order valence-electron chi connectivity index (χ0n) is 10.8. The Morgan fingerprint density at radius 2 is 2.17 bits per heavy atom. The van der Waals surface area contributed by atoms with Gasteiger partial charge in [0.15, 0.2) is 5.69 Å². The van der Waals surface area contributed by atoms with Crippen molar-refractivity contribution in [2.24, 2.45) is 0 Å². The average Bonchev–Trinajstić information content (AvgIpc) is 2.84. The van der Waals surface area contributed by atoms with Crippen LogP contribution in [0, 0.1) is 0 Å². The number of nitrogens with one attached hydrogen (secondary N) is 1. The Balaban J connectivity index is 2.47. The number of hydrogen-bond acceptors (Lipinski definition) is 5. The molecule has 102 valence electrons. The van der Waals surface area contributed by atoms with E-state index >= 15 is 0 Å². The average molecular weight is 256 g/mol. The van der Waals surface area contributed by atoms with Crippen molar-refractivity contribution in [3.8, 4) is 0 Å². The Kier molecular flexibility index (Phi) is 5.24. The summed E-state index contributed by atoms with van der Waals surface area (Å²) in [5, 5.41) is 28.6. The second-order valence-corrected chi connectivity index (χ2v) is 4.24. The highest BCUT2D eigenvalue weighted by molar-refractivity contribution is 5.84. The monoisotopic (exact) mass is 256 g/mol. The zero-order chi connectivity index (χ0) is 13.6. The van der Waals surface area contributed by atoms with Crippen LogP contribution >= 0.6 is 0 Å². The van der Waals surface area contributed by atoms with Gasteiger partial charge in [-0.1, -0.05) is 19.1 Å². The van der Waals surface area contributed by atoms with Gasteiger partial charge in [-0.2, -0.15) is 0 Å². The van der Waals surface area contributed by atoms with Crippen molar-refractivity contribution >= 4 is 5.97 Å². The third-order valence-electron chi connectivity index (χ3n) is 3.25. The maximum Gasteiger partial charge on any atom is 0.358 e. The van der Waals surface area contributed by atoms with Crippen molar-refractivity contribution in [2.75, 3.05) is 13.2 Å². The molecule has 1 heterocycles. The lowest BCUT2D eigenvalue weighted by molar-refractivity contribution is 0.0690. The van der Waals surface area contributed by atoms with Crippen molar-refractivity contribution in [1.29, 1.82) is 0 Å². The molecule has 7 nitrogen and oxygen atoms in total. The maximum absolute atomic E-state index is 10.6. The van der Waals surface area contributed by atoms with Crippen LogP contribution in [0.25, 0.3) is 0 Å². The summed E-state index contributed by atoms with van der Waals surface area (Å²) in [6.45, 7) is 5.24. The van der Waals surface area contributed by atoms with Crippen molar-refractivity contribution in [3.63, 3.8) is 0 Å². The molecule has 1 aromatic heterocycles. The van der Waals surface area contributed by atoms with E-state index < -0.39 is 5.97 Å². The molecule has 0 fully saturated rings. The zero-order valence-corrected chi connectivity index (χ0v) is 10.8. The highest BCUT2D eigenvalue weighted by Crippen LogP contribution is 2.13. The van der Waals surface area contributed by atoms with E-state index in [1.54, 1.807) is 0 Å². The summed E-state index contributed by atoms with van der Waals surface area (Å²) in [5.74, 6) is -1.08. The lowest BCUT2D eigenvalue weighted by Gasteiger charge is -2.30. The van der Waals surface area contributed by atoms with Gasteiger partial charge >= 0.3 is 5.97 Å². The Morgan fingerprint density at radius 3 is 2.61 bits per heavy atom. The number of rotatable bonds is 8. The number of aliphatic hydroxyl groups is 1. The molecule has 18 heavy (non-hydrogen) atoms. The first kappa shape index (κ1) is 14.6. The van der Waals surface area contributed by atoms with Crippen LogP contribution in [0.1, 0.15) is 37.2 Å². The fourth-order valence-electron chi connectivity index (χ4n) is 1.72. The van der Waals surface area contributed by atoms with Crippen LogP contribution in [0.4, 0.5) is 0 Å². The maximum atomic E-state index is 10.6. The van der Waals surface area contributed by atoms with Gasteiger partial charge in [0, 0.05) is 12.1 Å². The quantitative estimate of drug-likeness (QED) is 0.610. The van der Waals surface area contributed by atoms with E-state index in [-0.39, 0.29) is 17.8 Å². The summed E-state index contributed by atoms with van der Waals surface area (Å²) in [6, 6.07) is 0. The Morgan fingerprint density at radius 1 is 1.50 bits per heavy atom. The second kappa shape index (κ2) is 6.46. The molecular formula is C11H20N4O3. The van der Waals surface area contributed by atoms with E-state index in [0.717, 1.165) is 12.8 Å². The van der Waals surface area contributed by atoms with E-state index in [1.165, 1.54) is 10.9 Å². The van der Waals surface area contributed by atoms with Crippen molar-refractivity contribution < 1.29 is 15.0 Å². The summed E-state index contributed by atoms with van der Waals surface area (Å²) in [4.78, 5) is 10.6. The molecule has 0 saturated carbocycles. The molecule has 0 aliphatic heterocycles. The molecule has 0 unspecified atom stereocenters. The van der Waals surface area contributed by atoms with E-state index in [4.69, 9.17) is 5.11 Å². The van der Waals surface area contributed by atoms with Crippen LogP contribution in [0.5, 0.6) is 0 Å². The standard InChI is InChI=1S/C11H20N4O3/c1-3-11(4-2,8-16)12-5-6-15-7-9(10(17)18)13-14-15/h7,12,16H,3-6,8H2,1-2H3,(H,17,18). The van der Waals surface area contributed by atoms with Crippen LogP contribution in [0.15, 0.2) is 6.20 Å². The second-order valence-electron chi connectivity index (χ2n) is 4.24.